The summed E-state index contributed by atoms with van der Waals surface area (Å²) in [6.07, 6.45) is 8.71. The molecule has 6 nitrogen and oxygen atoms in total. The first-order chi connectivity index (χ1) is 11.9. The molecule has 2 rings (SSSR count). The van der Waals surface area contributed by atoms with Crippen LogP contribution < -0.4 is 5.32 Å². The average molecular weight is 367 g/mol. The van der Waals surface area contributed by atoms with E-state index in [1.165, 1.54) is 37.5 Å². The van der Waals surface area contributed by atoms with Crippen LogP contribution in [-0.2, 0) is 19.4 Å². The van der Waals surface area contributed by atoms with Crippen molar-refractivity contribution >= 4 is 21.7 Å². The Morgan fingerprint density at radius 3 is 2.32 bits per heavy atom. The zero-order chi connectivity index (χ0) is 18.3. The Balaban J connectivity index is 1.90. The third-order valence-corrected chi connectivity index (χ3v) is 5.47. The molecule has 1 fully saturated rings. The molecule has 0 heterocycles. The van der Waals surface area contributed by atoms with Gasteiger partial charge in [0.15, 0.2) is 16.4 Å². The van der Waals surface area contributed by atoms with Crippen molar-refractivity contribution in [3.8, 4) is 0 Å². The Hall–Kier alpha value is -1.89. The van der Waals surface area contributed by atoms with Gasteiger partial charge in [0.05, 0.1) is 10.5 Å². The first-order valence-corrected chi connectivity index (χ1v) is 10.5. The minimum atomic E-state index is -3.55. The molecule has 0 bridgehead atoms. The molecule has 1 N–H and O–H groups in total. The largest absolute Gasteiger partial charge is 0.452 e. The minimum absolute atomic E-state index is 0.0521. The maximum absolute atomic E-state index is 12.1. The molecule has 1 aromatic carbocycles. The molecule has 25 heavy (non-hydrogen) atoms. The lowest BCUT2D eigenvalue weighted by Gasteiger charge is -2.21. The van der Waals surface area contributed by atoms with E-state index in [9.17, 15) is 18.0 Å². The molecule has 1 saturated carbocycles. The third kappa shape index (κ3) is 6.16. The molecule has 0 atom stereocenters. The van der Waals surface area contributed by atoms with Crippen LogP contribution in [0, 0.1) is 0 Å². The molecule has 7 heteroatoms. The fourth-order valence-corrected chi connectivity index (χ4v) is 3.91. The van der Waals surface area contributed by atoms with Gasteiger partial charge in [-0.05, 0) is 25.0 Å². The summed E-state index contributed by atoms with van der Waals surface area (Å²) in [5.74, 6) is -1.16. The number of hydrogen-bond acceptors (Lipinski definition) is 5. The van der Waals surface area contributed by atoms with Crippen LogP contribution in [0.2, 0.25) is 0 Å². The van der Waals surface area contributed by atoms with Crippen molar-refractivity contribution in [3.63, 3.8) is 0 Å². The number of hydrogen-bond donors (Lipinski definition) is 1. The SMILES string of the molecule is CS(=O)(=O)c1ccccc1C(=O)OCC(=O)NC1CCCCCCC1. The maximum atomic E-state index is 12.1. The van der Waals surface area contributed by atoms with Gasteiger partial charge in [0.2, 0.25) is 0 Å². The normalized spacial score (nSPS) is 16.5. The fraction of sp³-hybridized carbons (Fsp3) is 0.556. The summed E-state index contributed by atoms with van der Waals surface area (Å²) in [7, 11) is -3.55. The lowest BCUT2D eigenvalue weighted by atomic mass is 9.97. The zero-order valence-corrected chi connectivity index (χ0v) is 15.3. The standard InChI is InChI=1S/C18H25NO5S/c1-25(22,23)16-12-8-7-11-15(16)18(21)24-13-17(20)19-14-9-5-3-2-4-6-10-14/h7-8,11-12,14H,2-6,9-10,13H2,1H3,(H,19,20). The van der Waals surface area contributed by atoms with Crippen LogP contribution in [0.25, 0.3) is 0 Å². The second-order valence-electron chi connectivity index (χ2n) is 6.45. The molecule has 0 radical (unpaired) electrons. The Kier molecular flexibility index (Phi) is 6.99. The Labute approximate surface area is 148 Å². The van der Waals surface area contributed by atoms with E-state index in [0.717, 1.165) is 31.9 Å². The Bertz CT molecular complexity index is 706. The van der Waals surface area contributed by atoms with Gasteiger partial charge < -0.3 is 10.1 Å². The van der Waals surface area contributed by atoms with Gasteiger partial charge in [-0.25, -0.2) is 13.2 Å². The highest BCUT2D eigenvalue weighted by Gasteiger charge is 2.21. The average Bonchev–Trinajstić information content (AvgIpc) is 2.54. The van der Waals surface area contributed by atoms with Crippen molar-refractivity contribution < 1.29 is 22.7 Å². The smallest absolute Gasteiger partial charge is 0.339 e. The molecule has 1 aromatic rings. The third-order valence-electron chi connectivity index (χ3n) is 4.31. The van der Waals surface area contributed by atoms with Gasteiger partial charge in [-0.1, -0.05) is 44.2 Å². The number of nitrogens with one attached hydrogen (secondary N) is 1. The van der Waals surface area contributed by atoms with Crippen molar-refractivity contribution in [2.24, 2.45) is 0 Å². The van der Waals surface area contributed by atoms with E-state index in [1.807, 2.05) is 0 Å². The first-order valence-electron chi connectivity index (χ1n) is 8.63. The van der Waals surface area contributed by atoms with E-state index in [4.69, 9.17) is 4.74 Å². The second-order valence-corrected chi connectivity index (χ2v) is 8.44. The van der Waals surface area contributed by atoms with Crippen LogP contribution in [0.15, 0.2) is 29.2 Å². The lowest BCUT2D eigenvalue weighted by molar-refractivity contribution is -0.125. The quantitative estimate of drug-likeness (QED) is 0.808. The van der Waals surface area contributed by atoms with Gasteiger partial charge >= 0.3 is 5.97 Å². The molecular weight excluding hydrogens is 342 g/mol. The minimum Gasteiger partial charge on any atom is -0.452 e. The van der Waals surface area contributed by atoms with E-state index < -0.39 is 22.4 Å². The highest BCUT2D eigenvalue weighted by Crippen LogP contribution is 2.18. The van der Waals surface area contributed by atoms with Crippen LogP contribution in [0.4, 0.5) is 0 Å². The second kappa shape index (κ2) is 8.99. The van der Waals surface area contributed by atoms with Crippen LogP contribution in [-0.4, -0.2) is 39.2 Å². The number of sulfone groups is 1. The predicted molar refractivity (Wildman–Crippen MR) is 94.1 cm³/mol. The predicted octanol–water partition coefficient (Wildman–Crippen LogP) is 2.48. The summed E-state index contributed by atoms with van der Waals surface area (Å²) in [6, 6.07) is 5.94. The van der Waals surface area contributed by atoms with Gasteiger partial charge in [-0.15, -0.1) is 0 Å². The summed E-state index contributed by atoms with van der Waals surface area (Å²) >= 11 is 0. The van der Waals surface area contributed by atoms with Gasteiger partial charge in [0.25, 0.3) is 5.91 Å². The summed E-state index contributed by atoms with van der Waals surface area (Å²) in [5, 5.41) is 2.90. The molecule has 0 spiro atoms. The zero-order valence-electron chi connectivity index (χ0n) is 14.5. The van der Waals surface area contributed by atoms with Crippen molar-refractivity contribution in [1.82, 2.24) is 5.32 Å². The van der Waals surface area contributed by atoms with Crippen molar-refractivity contribution in [3.05, 3.63) is 29.8 Å². The molecular formula is C18H25NO5S. The molecule has 0 saturated heterocycles. The van der Waals surface area contributed by atoms with E-state index in [1.54, 1.807) is 6.07 Å². The van der Waals surface area contributed by atoms with Crippen LogP contribution in [0.3, 0.4) is 0 Å². The number of benzene rings is 1. The van der Waals surface area contributed by atoms with E-state index in [2.05, 4.69) is 5.32 Å². The number of esters is 1. The number of rotatable bonds is 5. The summed E-state index contributed by atoms with van der Waals surface area (Å²) in [4.78, 5) is 24.1. The summed E-state index contributed by atoms with van der Waals surface area (Å²) < 4.78 is 28.5. The fourth-order valence-electron chi connectivity index (χ4n) is 3.04. The van der Waals surface area contributed by atoms with Gasteiger partial charge in [-0.3, -0.25) is 4.79 Å². The van der Waals surface area contributed by atoms with Crippen molar-refractivity contribution in [1.29, 1.82) is 0 Å². The molecule has 0 unspecified atom stereocenters. The van der Waals surface area contributed by atoms with Crippen molar-refractivity contribution in [2.75, 3.05) is 12.9 Å². The van der Waals surface area contributed by atoms with Gasteiger partial charge in [0.1, 0.15) is 0 Å². The van der Waals surface area contributed by atoms with Crippen molar-refractivity contribution in [2.45, 2.75) is 55.9 Å². The molecule has 1 aliphatic carbocycles. The van der Waals surface area contributed by atoms with E-state index >= 15 is 0 Å². The number of ether oxygens (including phenoxy) is 1. The topological polar surface area (TPSA) is 89.5 Å². The monoisotopic (exact) mass is 367 g/mol. The number of amides is 1. The number of carbonyl (C=O) groups excluding carboxylic acids is 2. The Morgan fingerprint density at radius 1 is 1.08 bits per heavy atom. The molecule has 1 aliphatic rings. The van der Waals surface area contributed by atoms with Gasteiger partial charge in [-0.2, -0.15) is 0 Å². The summed E-state index contributed by atoms with van der Waals surface area (Å²) in [6.45, 7) is -0.409. The Morgan fingerprint density at radius 2 is 1.68 bits per heavy atom. The first kappa shape index (κ1) is 19.4. The van der Waals surface area contributed by atoms with Crippen LogP contribution in [0.5, 0.6) is 0 Å². The lowest BCUT2D eigenvalue weighted by Crippen LogP contribution is -2.38. The van der Waals surface area contributed by atoms with E-state index in [0.29, 0.717) is 0 Å². The maximum Gasteiger partial charge on any atom is 0.339 e. The molecule has 0 aromatic heterocycles. The molecule has 138 valence electrons. The van der Waals surface area contributed by atoms with Gasteiger partial charge in [0, 0.05) is 12.3 Å². The summed E-state index contributed by atoms with van der Waals surface area (Å²) in [5.41, 5.74) is -0.0521. The molecule has 1 amide bonds. The highest BCUT2D eigenvalue weighted by atomic mass is 32.2. The van der Waals surface area contributed by atoms with Crippen LogP contribution >= 0.6 is 0 Å². The number of carbonyl (C=O) groups is 2. The molecule has 0 aliphatic heterocycles. The highest BCUT2D eigenvalue weighted by molar-refractivity contribution is 7.90. The van der Waals surface area contributed by atoms with Crippen LogP contribution in [0.1, 0.15) is 55.3 Å². The van der Waals surface area contributed by atoms with E-state index in [-0.39, 0.29) is 22.4 Å².